The van der Waals surface area contributed by atoms with Crippen LogP contribution in [0.5, 0.6) is 11.5 Å². The highest BCUT2D eigenvalue weighted by molar-refractivity contribution is 6.08. The van der Waals surface area contributed by atoms with E-state index in [9.17, 15) is 14.0 Å². The van der Waals surface area contributed by atoms with E-state index in [0.717, 1.165) is 0 Å². The molecule has 0 unspecified atom stereocenters. The monoisotopic (exact) mass is 379 g/mol. The Balaban J connectivity index is 1.48. The first-order valence-electron chi connectivity index (χ1n) is 8.31. The second kappa shape index (κ2) is 7.36. The van der Waals surface area contributed by atoms with Crippen LogP contribution in [-0.4, -0.2) is 23.6 Å². The van der Waals surface area contributed by atoms with E-state index in [1.807, 2.05) is 0 Å². The van der Waals surface area contributed by atoms with Gasteiger partial charge in [0.15, 0.2) is 11.5 Å². The number of fused-ring (bicyclic) bond motifs is 1. The molecule has 0 bridgehead atoms. The maximum atomic E-state index is 13.2. The minimum absolute atomic E-state index is 0.138. The van der Waals surface area contributed by atoms with Crippen molar-refractivity contribution in [2.24, 2.45) is 0 Å². The third-order valence-corrected chi connectivity index (χ3v) is 3.98. The first-order valence-corrected chi connectivity index (χ1v) is 8.31. The quantitative estimate of drug-likeness (QED) is 0.725. The molecule has 3 aromatic rings. The van der Waals surface area contributed by atoms with Crippen LogP contribution >= 0.6 is 0 Å². The van der Waals surface area contributed by atoms with E-state index in [4.69, 9.17) is 9.47 Å². The molecule has 2 N–H and O–H groups in total. The Morgan fingerprint density at radius 1 is 0.857 bits per heavy atom. The highest BCUT2D eigenvalue weighted by atomic mass is 19.1. The lowest BCUT2D eigenvalue weighted by molar-refractivity contribution is 0.102. The van der Waals surface area contributed by atoms with Crippen LogP contribution in [0.1, 0.15) is 20.7 Å². The van der Waals surface area contributed by atoms with Gasteiger partial charge < -0.3 is 20.1 Å². The maximum absolute atomic E-state index is 13.2. The third-order valence-electron chi connectivity index (χ3n) is 3.98. The summed E-state index contributed by atoms with van der Waals surface area (Å²) in [5.41, 5.74) is 1.19. The topological polar surface area (TPSA) is 89.6 Å². The Morgan fingerprint density at radius 3 is 2.25 bits per heavy atom. The average Bonchev–Trinajstić information content (AvgIpc) is 3.16. The Morgan fingerprint density at radius 2 is 1.54 bits per heavy atom. The van der Waals surface area contributed by atoms with Crippen LogP contribution in [0.15, 0.2) is 60.9 Å². The van der Waals surface area contributed by atoms with Crippen molar-refractivity contribution in [1.29, 1.82) is 0 Å². The van der Waals surface area contributed by atoms with Gasteiger partial charge in [0.25, 0.3) is 11.8 Å². The van der Waals surface area contributed by atoms with Gasteiger partial charge in [-0.1, -0.05) is 6.07 Å². The second-order valence-corrected chi connectivity index (χ2v) is 5.95. The van der Waals surface area contributed by atoms with Crippen LogP contribution in [0.3, 0.4) is 0 Å². The summed E-state index contributed by atoms with van der Waals surface area (Å²) in [4.78, 5) is 28.8. The van der Waals surface area contributed by atoms with Gasteiger partial charge >= 0.3 is 0 Å². The SMILES string of the molecule is O=C(Nc1cccc(F)c1)c1cncc(C(=O)Nc2ccc3c(c2)OCO3)c1. The van der Waals surface area contributed by atoms with Crippen molar-refractivity contribution < 1.29 is 23.5 Å². The number of rotatable bonds is 4. The van der Waals surface area contributed by atoms with E-state index in [1.54, 1.807) is 24.3 Å². The van der Waals surface area contributed by atoms with Gasteiger partial charge in [-0.15, -0.1) is 0 Å². The molecule has 8 heteroatoms. The second-order valence-electron chi connectivity index (χ2n) is 5.95. The van der Waals surface area contributed by atoms with Gasteiger partial charge in [0, 0.05) is 29.8 Å². The predicted molar refractivity (Wildman–Crippen MR) is 99.1 cm³/mol. The van der Waals surface area contributed by atoms with E-state index < -0.39 is 17.6 Å². The molecule has 7 nitrogen and oxygen atoms in total. The van der Waals surface area contributed by atoms with Crippen molar-refractivity contribution in [2.45, 2.75) is 0 Å². The molecule has 0 aliphatic carbocycles. The molecule has 1 aromatic heterocycles. The number of carbonyl (C=O) groups is 2. The van der Waals surface area contributed by atoms with Gasteiger partial charge in [0.2, 0.25) is 6.79 Å². The molecule has 0 spiro atoms. The van der Waals surface area contributed by atoms with Crippen LogP contribution in [0, 0.1) is 5.82 Å². The number of aromatic nitrogens is 1. The van der Waals surface area contributed by atoms with E-state index in [1.165, 1.54) is 36.7 Å². The highest BCUT2D eigenvalue weighted by Gasteiger charge is 2.16. The summed E-state index contributed by atoms with van der Waals surface area (Å²) in [5.74, 6) is -0.259. The van der Waals surface area contributed by atoms with E-state index >= 15 is 0 Å². The van der Waals surface area contributed by atoms with Crippen LogP contribution in [0.2, 0.25) is 0 Å². The zero-order chi connectivity index (χ0) is 19.5. The van der Waals surface area contributed by atoms with Crippen molar-refractivity contribution >= 4 is 23.2 Å². The fraction of sp³-hybridized carbons (Fsp3) is 0.0500. The molecular formula is C20H14FN3O4. The number of ether oxygens (including phenoxy) is 2. The summed E-state index contributed by atoms with van der Waals surface area (Å²) in [6.07, 6.45) is 2.67. The molecule has 1 aliphatic heterocycles. The fourth-order valence-corrected chi connectivity index (χ4v) is 2.64. The maximum Gasteiger partial charge on any atom is 0.257 e. The third kappa shape index (κ3) is 3.75. The van der Waals surface area contributed by atoms with Crippen LogP contribution < -0.4 is 20.1 Å². The fourth-order valence-electron chi connectivity index (χ4n) is 2.64. The number of hydrogen-bond acceptors (Lipinski definition) is 5. The number of benzene rings is 2. The predicted octanol–water partition coefficient (Wildman–Crippen LogP) is 3.45. The van der Waals surface area contributed by atoms with Crippen LogP contribution in [0.4, 0.5) is 15.8 Å². The van der Waals surface area contributed by atoms with Gasteiger partial charge in [-0.25, -0.2) is 4.39 Å². The molecule has 2 amide bonds. The van der Waals surface area contributed by atoms with Gasteiger partial charge in [-0.05, 0) is 36.4 Å². The zero-order valence-corrected chi connectivity index (χ0v) is 14.4. The lowest BCUT2D eigenvalue weighted by Crippen LogP contribution is -2.16. The molecule has 2 heterocycles. The summed E-state index contributed by atoms with van der Waals surface area (Å²) >= 11 is 0. The van der Waals surface area contributed by atoms with Gasteiger partial charge in [-0.3, -0.25) is 14.6 Å². The Hall–Kier alpha value is -3.94. The minimum atomic E-state index is -0.504. The lowest BCUT2D eigenvalue weighted by atomic mass is 10.1. The molecule has 0 saturated heterocycles. The molecule has 28 heavy (non-hydrogen) atoms. The number of amides is 2. The summed E-state index contributed by atoms with van der Waals surface area (Å²) < 4.78 is 23.8. The van der Waals surface area contributed by atoms with Gasteiger partial charge in [0.05, 0.1) is 11.1 Å². The number of carbonyl (C=O) groups excluding carboxylic acids is 2. The van der Waals surface area contributed by atoms with Gasteiger partial charge in [-0.2, -0.15) is 0 Å². The summed E-state index contributed by atoms with van der Waals surface area (Å²) in [7, 11) is 0. The van der Waals surface area contributed by atoms with Crippen LogP contribution in [0.25, 0.3) is 0 Å². The molecule has 0 atom stereocenters. The van der Waals surface area contributed by atoms with Crippen molar-refractivity contribution in [2.75, 3.05) is 17.4 Å². The van der Waals surface area contributed by atoms with E-state index in [0.29, 0.717) is 22.9 Å². The Labute approximate surface area is 159 Å². The van der Waals surface area contributed by atoms with Crippen LogP contribution in [-0.2, 0) is 0 Å². The molecule has 0 saturated carbocycles. The first-order chi connectivity index (χ1) is 13.6. The summed E-state index contributed by atoms with van der Waals surface area (Å²) in [5, 5.41) is 5.28. The number of pyridine rings is 1. The molecule has 4 rings (SSSR count). The molecule has 0 fully saturated rings. The summed E-state index contributed by atoms with van der Waals surface area (Å²) in [6.45, 7) is 0.138. The number of nitrogens with zero attached hydrogens (tertiary/aromatic N) is 1. The van der Waals surface area contributed by atoms with E-state index in [-0.39, 0.29) is 17.9 Å². The van der Waals surface area contributed by atoms with Crippen molar-refractivity contribution in [3.05, 3.63) is 77.9 Å². The van der Waals surface area contributed by atoms with Crippen molar-refractivity contribution in [3.8, 4) is 11.5 Å². The Bertz CT molecular complexity index is 1070. The number of nitrogens with one attached hydrogen (secondary N) is 2. The Kier molecular flexibility index (Phi) is 4.59. The molecule has 1 aliphatic rings. The minimum Gasteiger partial charge on any atom is -0.454 e. The molecule has 2 aromatic carbocycles. The zero-order valence-electron chi connectivity index (χ0n) is 14.4. The normalized spacial score (nSPS) is 11.8. The largest absolute Gasteiger partial charge is 0.454 e. The standard InChI is InChI=1S/C20H14FN3O4/c21-14-2-1-3-15(7-14)23-19(25)12-6-13(10-22-9-12)20(26)24-16-4-5-17-18(8-16)28-11-27-17/h1-10H,11H2,(H,23,25)(H,24,26). The average molecular weight is 379 g/mol. The van der Waals surface area contributed by atoms with Crippen molar-refractivity contribution in [3.63, 3.8) is 0 Å². The number of anilines is 2. The molecule has 0 radical (unpaired) electrons. The first kappa shape index (κ1) is 17.5. The lowest BCUT2D eigenvalue weighted by Gasteiger charge is -2.08. The molecule has 140 valence electrons. The smallest absolute Gasteiger partial charge is 0.257 e. The number of hydrogen-bond donors (Lipinski definition) is 2. The summed E-state index contributed by atoms with van der Waals surface area (Å²) in [6, 6.07) is 11.9. The van der Waals surface area contributed by atoms with Crippen molar-refractivity contribution in [1.82, 2.24) is 4.98 Å². The van der Waals surface area contributed by atoms with E-state index in [2.05, 4.69) is 15.6 Å². The number of halogens is 1. The molecular weight excluding hydrogens is 365 g/mol. The van der Waals surface area contributed by atoms with Gasteiger partial charge in [0.1, 0.15) is 5.82 Å². The highest BCUT2D eigenvalue weighted by Crippen LogP contribution is 2.34.